The first-order valence-electron chi connectivity index (χ1n) is 12.5. The normalized spacial score (nSPS) is 11.2. The van der Waals surface area contributed by atoms with Crippen molar-refractivity contribution in [1.82, 2.24) is 15.0 Å². The first kappa shape index (κ1) is 28.0. The summed E-state index contributed by atoms with van der Waals surface area (Å²) in [6.07, 6.45) is -2.55. The molecule has 0 spiro atoms. The Bertz CT molecular complexity index is 1740. The van der Waals surface area contributed by atoms with Gasteiger partial charge in [-0.25, -0.2) is 19.3 Å². The average Bonchev–Trinajstić information content (AvgIpc) is 2.97. The molecule has 0 aliphatic heterocycles. The van der Waals surface area contributed by atoms with Crippen LogP contribution in [0.3, 0.4) is 0 Å². The number of carbonyl (C=O) groups excluding carboxylic acids is 1. The van der Waals surface area contributed by atoms with Crippen LogP contribution < -0.4 is 16.4 Å². The van der Waals surface area contributed by atoms with Crippen LogP contribution in [-0.2, 0) is 12.7 Å². The lowest BCUT2D eigenvalue weighted by molar-refractivity contribution is -0.137. The van der Waals surface area contributed by atoms with Crippen molar-refractivity contribution >= 4 is 23.2 Å². The topological polar surface area (TPSA) is 126 Å². The van der Waals surface area contributed by atoms with Crippen LogP contribution in [0.5, 0.6) is 5.75 Å². The first-order chi connectivity index (χ1) is 20.1. The van der Waals surface area contributed by atoms with Crippen LogP contribution in [0.25, 0.3) is 22.5 Å². The standard InChI is InChI=1S/C30H22F4N6O2/c31-21-8-10-22(11-9-21)39-29(42)24-13-20(30(32,33)34)15-38-28(24)37-14-17-4-6-18(7-5-17)25-16-36-27(35)26(40-25)19-2-1-3-23(41)12-19/h1-13,15-16,41H,14H2,(H2,35,36)(H,37,38)(H,39,42). The molecule has 0 radical (unpaired) electrons. The van der Waals surface area contributed by atoms with Gasteiger partial charge in [0.1, 0.15) is 28.9 Å². The highest BCUT2D eigenvalue weighted by atomic mass is 19.4. The summed E-state index contributed by atoms with van der Waals surface area (Å²) >= 11 is 0. The minimum atomic E-state index is -4.71. The number of nitrogen functional groups attached to an aromatic ring is 1. The second-order valence-corrected chi connectivity index (χ2v) is 9.17. The van der Waals surface area contributed by atoms with Crippen LogP contribution in [-0.4, -0.2) is 26.0 Å². The van der Waals surface area contributed by atoms with E-state index < -0.39 is 23.5 Å². The molecule has 1 amide bonds. The molecule has 5 rings (SSSR count). The van der Waals surface area contributed by atoms with Gasteiger partial charge in [-0.3, -0.25) is 4.79 Å². The third kappa shape index (κ3) is 6.44. The maximum atomic E-state index is 13.4. The van der Waals surface area contributed by atoms with Gasteiger partial charge in [-0.1, -0.05) is 36.4 Å². The SMILES string of the molecule is Nc1ncc(-c2ccc(CNc3ncc(C(F)(F)F)cc3C(=O)Nc3ccc(F)cc3)cc2)nc1-c1cccc(O)c1. The van der Waals surface area contributed by atoms with Crippen LogP contribution in [0.15, 0.2) is 91.3 Å². The number of nitrogens with zero attached hydrogens (tertiary/aromatic N) is 3. The van der Waals surface area contributed by atoms with Gasteiger partial charge < -0.3 is 21.5 Å². The van der Waals surface area contributed by atoms with Gasteiger partial charge in [0.15, 0.2) is 0 Å². The third-order valence-corrected chi connectivity index (χ3v) is 6.19. The van der Waals surface area contributed by atoms with Crippen molar-refractivity contribution in [3.63, 3.8) is 0 Å². The molecule has 0 saturated carbocycles. The van der Waals surface area contributed by atoms with Crippen LogP contribution >= 0.6 is 0 Å². The number of rotatable bonds is 7. The van der Waals surface area contributed by atoms with Crippen molar-refractivity contribution in [2.45, 2.75) is 12.7 Å². The summed E-state index contributed by atoms with van der Waals surface area (Å²) in [6, 6.07) is 19.1. The summed E-state index contributed by atoms with van der Waals surface area (Å²) in [4.78, 5) is 25.6. The Morgan fingerprint density at radius 3 is 2.33 bits per heavy atom. The molecule has 0 bridgehead atoms. The molecule has 212 valence electrons. The Labute approximate surface area is 236 Å². The number of anilines is 3. The largest absolute Gasteiger partial charge is 0.508 e. The van der Waals surface area contributed by atoms with E-state index in [1.165, 1.54) is 30.5 Å². The fraction of sp³-hybridized carbons (Fsp3) is 0.0667. The molecule has 0 atom stereocenters. The van der Waals surface area contributed by atoms with Gasteiger partial charge in [0.25, 0.3) is 5.91 Å². The van der Waals surface area contributed by atoms with E-state index in [-0.39, 0.29) is 35.2 Å². The van der Waals surface area contributed by atoms with Crippen molar-refractivity contribution < 1.29 is 27.5 Å². The molecule has 42 heavy (non-hydrogen) atoms. The number of halogens is 4. The molecule has 0 saturated heterocycles. The van der Waals surface area contributed by atoms with Crippen LogP contribution in [0.2, 0.25) is 0 Å². The predicted molar refractivity (Wildman–Crippen MR) is 150 cm³/mol. The predicted octanol–water partition coefficient (Wildman–Crippen LogP) is 6.52. The van der Waals surface area contributed by atoms with E-state index in [0.717, 1.165) is 23.3 Å². The Kier molecular flexibility index (Phi) is 7.69. The van der Waals surface area contributed by atoms with E-state index in [2.05, 4.69) is 25.6 Å². The molecule has 5 aromatic rings. The molecule has 12 heteroatoms. The van der Waals surface area contributed by atoms with Gasteiger partial charge in [0.05, 0.1) is 23.0 Å². The number of carbonyl (C=O) groups is 1. The van der Waals surface area contributed by atoms with E-state index in [0.29, 0.717) is 29.2 Å². The number of aromatic nitrogens is 3. The fourth-order valence-corrected chi connectivity index (χ4v) is 4.05. The molecule has 3 aromatic carbocycles. The maximum Gasteiger partial charge on any atom is 0.417 e. The zero-order valence-electron chi connectivity index (χ0n) is 21.7. The molecular formula is C30H22F4N6O2. The number of hydrogen-bond acceptors (Lipinski definition) is 7. The van der Waals surface area contributed by atoms with E-state index in [1.807, 2.05) is 0 Å². The highest BCUT2D eigenvalue weighted by Crippen LogP contribution is 2.32. The van der Waals surface area contributed by atoms with E-state index >= 15 is 0 Å². The molecule has 2 aromatic heterocycles. The number of aromatic hydroxyl groups is 1. The molecule has 2 heterocycles. The lowest BCUT2D eigenvalue weighted by atomic mass is 10.1. The Balaban J connectivity index is 1.35. The number of pyridine rings is 1. The monoisotopic (exact) mass is 574 g/mol. The van der Waals surface area contributed by atoms with E-state index in [1.54, 1.807) is 36.4 Å². The zero-order chi connectivity index (χ0) is 29.9. The third-order valence-electron chi connectivity index (χ3n) is 6.19. The summed E-state index contributed by atoms with van der Waals surface area (Å²) in [5.74, 6) is -1.17. The minimum absolute atomic E-state index is 0.0631. The molecule has 0 fully saturated rings. The van der Waals surface area contributed by atoms with E-state index in [9.17, 15) is 27.5 Å². The molecule has 0 aliphatic rings. The van der Waals surface area contributed by atoms with Crippen LogP contribution in [0, 0.1) is 5.82 Å². The second-order valence-electron chi connectivity index (χ2n) is 9.17. The number of benzene rings is 3. The number of hydrogen-bond donors (Lipinski definition) is 4. The summed E-state index contributed by atoms with van der Waals surface area (Å²) in [5, 5.41) is 15.2. The Morgan fingerprint density at radius 1 is 0.905 bits per heavy atom. The lowest BCUT2D eigenvalue weighted by Crippen LogP contribution is -2.18. The Hall–Kier alpha value is -5.52. The quantitative estimate of drug-likeness (QED) is 0.163. The van der Waals surface area contributed by atoms with Gasteiger partial charge in [-0.15, -0.1) is 0 Å². The number of nitrogens with two attached hydrogens (primary N) is 1. The van der Waals surface area contributed by atoms with Crippen molar-refractivity contribution in [3.05, 3.63) is 114 Å². The van der Waals surface area contributed by atoms with Crippen LogP contribution in [0.4, 0.5) is 34.9 Å². The van der Waals surface area contributed by atoms with E-state index in [4.69, 9.17) is 5.73 Å². The second kappa shape index (κ2) is 11.5. The van der Waals surface area contributed by atoms with Crippen LogP contribution in [0.1, 0.15) is 21.5 Å². The maximum absolute atomic E-state index is 13.4. The molecule has 0 aliphatic carbocycles. The molecule has 0 unspecified atom stereocenters. The van der Waals surface area contributed by atoms with Gasteiger partial charge in [0.2, 0.25) is 0 Å². The Morgan fingerprint density at radius 2 is 1.64 bits per heavy atom. The lowest BCUT2D eigenvalue weighted by Gasteiger charge is -2.14. The number of phenolic OH excluding ortho intramolecular Hbond substituents is 1. The van der Waals surface area contributed by atoms with Gasteiger partial charge in [0, 0.05) is 29.6 Å². The average molecular weight is 575 g/mol. The first-order valence-corrected chi connectivity index (χ1v) is 12.5. The summed E-state index contributed by atoms with van der Waals surface area (Å²) in [6.45, 7) is 0.136. The van der Waals surface area contributed by atoms with Crippen molar-refractivity contribution in [2.24, 2.45) is 0 Å². The van der Waals surface area contributed by atoms with Gasteiger partial charge >= 0.3 is 6.18 Å². The molecular weight excluding hydrogens is 552 g/mol. The number of phenols is 1. The zero-order valence-corrected chi connectivity index (χ0v) is 21.7. The summed E-state index contributed by atoms with van der Waals surface area (Å²) in [7, 11) is 0. The summed E-state index contributed by atoms with van der Waals surface area (Å²) < 4.78 is 53.3. The molecule has 5 N–H and O–H groups in total. The number of alkyl halides is 3. The minimum Gasteiger partial charge on any atom is -0.508 e. The van der Waals surface area contributed by atoms with Crippen molar-refractivity contribution in [2.75, 3.05) is 16.4 Å². The van der Waals surface area contributed by atoms with Gasteiger partial charge in [-0.05, 0) is 48.0 Å². The molecule has 8 nitrogen and oxygen atoms in total. The van der Waals surface area contributed by atoms with Gasteiger partial charge in [-0.2, -0.15) is 13.2 Å². The van der Waals surface area contributed by atoms with Crippen molar-refractivity contribution in [1.29, 1.82) is 0 Å². The number of amides is 1. The number of nitrogens with one attached hydrogen (secondary N) is 2. The summed E-state index contributed by atoms with van der Waals surface area (Å²) in [5.41, 5.74) is 7.80. The highest BCUT2D eigenvalue weighted by Gasteiger charge is 2.32. The smallest absolute Gasteiger partial charge is 0.417 e. The van der Waals surface area contributed by atoms with Crippen molar-refractivity contribution in [3.8, 4) is 28.3 Å². The highest BCUT2D eigenvalue weighted by molar-refractivity contribution is 6.07. The fourth-order valence-electron chi connectivity index (χ4n) is 4.05.